The fourth-order valence-electron chi connectivity index (χ4n) is 2.52. The van der Waals surface area contributed by atoms with Gasteiger partial charge in [0.25, 0.3) is 11.5 Å². The molecular weight excluding hydrogens is 366 g/mol. The van der Waals surface area contributed by atoms with Crippen molar-refractivity contribution < 1.29 is 14.3 Å². The van der Waals surface area contributed by atoms with Crippen LogP contribution in [-0.4, -0.2) is 27.8 Å². The van der Waals surface area contributed by atoms with Gasteiger partial charge in [-0.1, -0.05) is 6.07 Å². The molecule has 27 heavy (non-hydrogen) atoms. The molecule has 8 heteroatoms. The van der Waals surface area contributed by atoms with Gasteiger partial charge < -0.3 is 10.1 Å². The number of nitrogens with one attached hydrogen (secondary N) is 1. The molecule has 0 bridgehead atoms. The Morgan fingerprint density at radius 3 is 2.70 bits per heavy atom. The standard InChI is InChI=1S/C19H19N3O4S/c1-11-4-5-14(6-12(11)2)18(25)20-8-17(24)26-9-15-7-16(23)22-13(3)10-27-19(22)21-15/h4-7,10H,8-9H2,1-3H3,(H,20,25). The summed E-state index contributed by atoms with van der Waals surface area (Å²) in [6.45, 7) is 5.32. The molecule has 1 aromatic carbocycles. The monoisotopic (exact) mass is 385 g/mol. The second-order valence-corrected chi connectivity index (χ2v) is 7.06. The summed E-state index contributed by atoms with van der Waals surface area (Å²) >= 11 is 1.34. The molecule has 3 aromatic rings. The fraction of sp³-hybridized carbons (Fsp3) is 0.263. The topological polar surface area (TPSA) is 89.8 Å². The Labute approximate surface area is 159 Å². The van der Waals surface area contributed by atoms with Crippen LogP contribution in [0.25, 0.3) is 4.96 Å². The summed E-state index contributed by atoms with van der Waals surface area (Å²) in [6, 6.07) is 6.67. The molecular formula is C19H19N3O4S. The van der Waals surface area contributed by atoms with Crippen molar-refractivity contribution in [1.29, 1.82) is 0 Å². The van der Waals surface area contributed by atoms with Gasteiger partial charge in [0, 0.05) is 22.7 Å². The summed E-state index contributed by atoms with van der Waals surface area (Å²) in [5.41, 5.74) is 3.54. The number of amides is 1. The number of ether oxygens (including phenoxy) is 1. The summed E-state index contributed by atoms with van der Waals surface area (Å²) in [5.74, 6) is -0.946. The molecule has 0 saturated heterocycles. The number of hydrogen-bond acceptors (Lipinski definition) is 6. The van der Waals surface area contributed by atoms with Crippen molar-refractivity contribution in [3.63, 3.8) is 0 Å². The van der Waals surface area contributed by atoms with Gasteiger partial charge in [-0.05, 0) is 44.0 Å². The lowest BCUT2D eigenvalue weighted by Crippen LogP contribution is -2.30. The average molecular weight is 385 g/mol. The third-order valence-electron chi connectivity index (χ3n) is 4.17. The van der Waals surface area contributed by atoms with Crippen LogP contribution in [0.4, 0.5) is 0 Å². The first-order valence-corrected chi connectivity index (χ1v) is 9.21. The highest BCUT2D eigenvalue weighted by molar-refractivity contribution is 7.15. The van der Waals surface area contributed by atoms with Crippen LogP contribution in [0.1, 0.15) is 32.9 Å². The highest BCUT2D eigenvalue weighted by Crippen LogP contribution is 2.12. The molecule has 0 radical (unpaired) electrons. The minimum absolute atomic E-state index is 0.124. The number of esters is 1. The smallest absolute Gasteiger partial charge is 0.325 e. The maximum absolute atomic E-state index is 12.1. The largest absolute Gasteiger partial charge is 0.458 e. The molecule has 0 aliphatic heterocycles. The van der Waals surface area contributed by atoms with Gasteiger partial charge in [-0.25, -0.2) is 4.98 Å². The SMILES string of the molecule is Cc1ccc(C(=O)NCC(=O)OCc2cc(=O)n3c(C)csc3n2)cc1C. The maximum Gasteiger partial charge on any atom is 0.325 e. The predicted octanol–water partition coefficient (Wildman–Crippen LogP) is 2.15. The number of fused-ring (bicyclic) bond motifs is 1. The van der Waals surface area contributed by atoms with Gasteiger partial charge in [-0.3, -0.25) is 18.8 Å². The van der Waals surface area contributed by atoms with Crippen LogP contribution in [0.2, 0.25) is 0 Å². The minimum atomic E-state index is -0.600. The first-order chi connectivity index (χ1) is 12.8. The summed E-state index contributed by atoms with van der Waals surface area (Å²) < 4.78 is 6.61. The van der Waals surface area contributed by atoms with Gasteiger partial charge in [-0.2, -0.15) is 0 Å². The van der Waals surface area contributed by atoms with Gasteiger partial charge in [0.1, 0.15) is 13.2 Å². The van der Waals surface area contributed by atoms with Crippen LogP contribution in [0.15, 0.2) is 34.4 Å². The molecule has 0 aliphatic carbocycles. The lowest BCUT2D eigenvalue weighted by atomic mass is 10.1. The van der Waals surface area contributed by atoms with E-state index in [9.17, 15) is 14.4 Å². The van der Waals surface area contributed by atoms with Crippen LogP contribution >= 0.6 is 11.3 Å². The number of aryl methyl sites for hydroxylation is 3. The third kappa shape index (κ3) is 4.22. The zero-order valence-corrected chi connectivity index (χ0v) is 16.1. The van der Waals surface area contributed by atoms with Gasteiger partial charge in [0.15, 0.2) is 4.96 Å². The maximum atomic E-state index is 12.1. The number of hydrogen-bond donors (Lipinski definition) is 1. The van der Waals surface area contributed by atoms with Crippen molar-refractivity contribution in [2.45, 2.75) is 27.4 Å². The molecule has 0 unspecified atom stereocenters. The molecule has 0 aliphatic rings. The van der Waals surface area contributed by atoms with E-state index in [0.717, 1.165) is 16.8 Å². The minimum Gasteiger partial charge on any atom is -0.458 e. The van der Waals surface area contributed by atoms with E-state index in [-0.39, 0.29) is 24.6 Å². The third-order valence-corrected chi connectivity index (χ3v) is 5.12. The molecule has 7 nitrogen and oxygen atoms in total. The molecule has 0 saturated carbocycles. The molecule has 0 atom stereocenters. The van der Waals surface area contributed by atoms with Crippen LogP contribution in [0, 0.1) is 20.8 Å². The fourth-order valence-corrected chi connectivity index (χ4v) is 3.41. The van der Waals surface area contributed by atoms with E-state index in [0.29, 0.717) is 16.2 Å². The van der Waals surface area contributed by atoms with Crippen LogP contribution in [0.3, 0.4) is 0 Å². The van der Waals surface area contributed by atoms with E-state index in [1.807, 2.05) is 32.2 Å². The summed E-state index contributed by atoms with van der Waals surface area (Å²) in [7, 11) is 0. The Morgan fingerprint density at radius 2 is 1.96 bits per heavy atom. The molecule has 1 amide bonds. The highest BCUT2D eigenvalue weighted by Gasteiger charge is 2.11. The second-order valence-electron chi connectivity index (χ2n) is 6.22. The Hall–Kier alpha value is -3.00. The Balaban J connectivity index is 1.56. The van der Waals surface area contributed by atoms with E-state index in [2.05, 4.69) is 10.3 Å². The molecule has 0 spiro atoms. The van der Waals surface area contributed by atoms with Crippen LogP contribution < -0.4 is 10.9 Å². The van der Waals surface area contributed by atoms with Crippen molar-refractivity contribution in [3.8, 4) is 0 Å². The van der Waals surface area contributed by atoms with E-state index in [1.54, 1.807) is 12.1 Å². The summed E-state index contributed by atoms with van der Waals surface area (Å²) in [5, 5.41) is 4.36. The second kappa shape index (κ2) is 7.71. The number of carbonyl (C=O) groups is 2. The molecule has 140 valence electrons. The average Bonchev–Trinajstić information content (AvgIpc) is 3.01. The first-order valence-electron chi connectivity index (χ1n) is 8.33. The molecule has 2 heterocycles. The van der Waals surface area contributed by atoms with Crippen LogP contribution in [-0.2, 0) is 16.1 Å². The van der Waals surface area contributed by atoms with Crippen molar-refractivity contribution in [1.82, 2.24) is 14.7 Å². The number of aromatic nitrogens is 2. The summed E-state index contributed by atoms with van der Waals surface area (Å²) in [6.07, 6.45) is 0. The first kappa shape index (κ1) is 18.8. The summed E-state index contributed by atoms with van der Waals surface area (Å²) in [4.78, 5) is 40.9. The number of nitrogens with zero attached hydrogens (tertiary/aromatic N) is 2. The lowest BCUT2D eigenvalue weighted by molar-refractivity contribution is -0.143. The zero-order valence-electron chi connectivity index (χ0n) is 15.2. The van der Waals surface area contributed by atoms with Gasteiger partial charge >= 0.3 is 5.97 Å². The Bertz CT molecular complexity index is 1080. The van der Waals surface area contributed by atoms with Gasteiger partial charge in [-0.15, -0.1) is 11.3 Å². The molecule has 0 fully saturated rings. The van der Waals surface area contributed by atoms with Crippen molar-refractivity contribution >= 4 is 28.2 Å². The van der Waals surface area contributed by atoms with E-state index in [4.69, 9.17) is 4.74 Å². The molecule has 1 N–H and O–H groups in total. The number of rotatable bonds is 5. The number of carbonyl (C=O) groups excluding carboxylic acids is 2. The normalized spacial score (nSPS) is 10.8. The molecule has 2 aromatic heterocycles. The van der Waals surface area contributed by atoms with Crippen molar-refractivity contribution in [2.75, 3.05) is 6.54 Å². The quantitative estimate of drug-likeness (QED) is 0.680. The van der Waals surface area contributed by atoms with Gasteiger partial charge in [0.2, 0.25) is 0 Å². The Kier molecular flexibility index (Phi) is 5.36. The zero-order chi connectivity index (χ0) is 19.6. The van der Waals surface area contributed by atoms with E-state index in [1.165, 1.54) is 21.8 Å². The van der Waals surface area contributed by atoms with E-state index < -0.39 is 5.97 Å². The molecule has 3 rings (SSSR count). The number of thiazole rings is 1. The van der Waals surface area contributed by atoms with Gasteiger partial charge in [0.05, 0.1) is 5.69 Å². The van der Waals surface area contributed by atoms with Crippen molar-refractivity contribution in [3.05, 3.63) is 68.1 Å². The number of benzene rings is 1. The highest BCUT2D eigenvalue weighted by atomic mass is 32.1. The predicted molar refractivity (Wildman–Crippen MR) is 102 cm³/mol. The Morgan fingerprint density at radius 1 is 1.19 bits per heavy atom. The lowest BCUT2D eigenvalue weighted by Gasteiger charge is -2.08. The van der Waals surface area contributed by atoms with E-state index >= 15 is 0 Å². The van der Waals surface area contributed by atoms with Crippen LogP contribution in [0.5, 0.6) is 0 Å². The van der Waals surface area contributed by atoms with Crippen molar-refractivity contribution in [2.24, 2.45) is 0 Å².